The molecular formula is C8H17BN2. The second-order valence-electron chi connectivity index (χ2n) is 2.92. The van der Waals surface area contributed by atoms with Crippen LogP contribution in [0.15, 0.2) is 23.5 Å². The Kier molecular flexibility index (Phi) is 4.50. The summed E-state index contributed by atoms with van der Waals surface area (Å²) in [6.45, 7) is 4.08. The molecule has 0 heterocycles. The molecule has 0 amide bonds. The van der Waals surface area contributed by atoms with Crippen LogP contribution in [0.1, 0.15) is 20.3 Å². The zero-order chi connectivity index (χ0) is 8.85. The summed E-state index contributed by atoms with van der Waals surface area (Å²) in [6, 6.07) is 0. The van der Waals surface area contributed by atoms with Gasteiger partial charge in [0.15, 0.2) is 0 Å². The van der Waals surface area contributed by atoms with Crippen LogP contribution in [0, 0.1) is 0 Å². The van der Waals surface area contributed by atoms with Gasteiger partial charge in [-0.05, 0) is 24.4 Å². The number of hydrogen-bond donors (Lipinski definition) is 2. The molecule has 0 fully saturated rings. The van der Waals surface area contributed by atoms with Crippen molar-refractivity contribution in [3.63, 3.8) is 0 Å². The molecule has 0 aliphatic carbocycles. The van der Waals surface area contributed by atoms with E-state index in [1.165, 1.54) is 0 Å². The fourth-order valence-corrected chi connectivity index (χ4v) is 0.514. The molecular weight excluding hydrogens is 135 g/mol. The summed E-state index contributed by atoms with van der Waals surface area (Å²) in [4.78, 5) is 0. The van der Waals surface area contributed by atoms with E-state index in [1.807, 2.05) is 19.1 Å². The van der Waals surface area contributed by atoms with Crippen LogP contribution in [0.5, 0.6) is 0 Å². The third-order valence-corrected chi connectivity index (χ3v) is 1.56. The standard InChI is InChI=1S/C8H17BN2/c1-3-7(10)4-5-8(11)6(2)9/h4-6H,3,9-11H2,1-2H3/b7-4+,8-5+. The molecule has 3 heteroatoms. The highest BCUT2D eigenvalue weighted by molar-refractivity contribution is 6.13. The van der Waals surface area contributed by atoms with Gasteiger partial charge in [-0.3, -0.25) is 0 Å². The van der Waals surface area contributed by atoms with E-state index in [9.17, 15) is 0 Å². The summed E-state index contributed by atoms with van der Waals surface area (Å²) in [7, 11) is 2.06. The average Bonchev–Trinajstić information content (AvgIpc) is 1.99. The van der Waals surface area contributed by atoms with Crippen molar-refractivity contribution >= 4 is 7.85 Å². The van der Waals surface area contributed by atoms with E-state index in [1.54, 1.807) is 0 Å². The van der Waals surface area contributed by atoms with Crippen LogP contribution in [0.25, 0.3) is 0 Å². The molecule has 2 nitrogen and oxygen atoms in total. The Hall–Kier alpha value is -0.855. The molecule has 0 aliphatic heterocycles. The summed E-state index contributed by atoms with van der Waals surface area (Å²) in [6.07, 6.45) is 4.63. The summed E-state index contributed by atoms with van der Waals surface area (Å²) >= 11 is 0. The summed E-state index contributed by atoms with van der Waals surface area (Å²) in [5.41, 5.74) is 13.0. The molecule has 0 saturated carbocycles. The topological polar surface area (TPSA) is 52.0 Å². The summed E-state index contributed by atoms with van der Waals surface area (Å²) in [5, 5.41) is 0. The normalized spacial score (nSPS) is 16.5. The van der Waals surface area contributed by atoms with E-state index in [2.05, 4.69) is 14.8 Å². The lowest BCUT2D eigenvalue weighted by Gasteiger charge is -2.02. The number of rotatable bonds is 3. The number of nitrogens with two attached hydrogens (primary N) is 2. The zero-order valence-corrected chi connectivity index (χ0v) is 7.59. The van der Waals surface area contributed by atoms with Crippen LogP contribution in [0.2, 0.25) is 5.82 Å². The van der Waals surface area contributed by atoms with Gasteiger partial charge in [-0.25, -0.2) is 0 Å². The second-order valence-corrected chi connectivity index (χ2v) is 2.92. The monoisotopic (exact) mass is 152 g/mol. The summed E-state index contributed by atoms with van der Waals surface area (Å²) in [5.74, 6) is 0.399. The highest BCUT2D eigenvalue weighted by Crippen LogP contribution is 2.05. The van der Waals surface area contributed by atoms with Crippen molar-refractivity contribution in [1.29, 1.82) is 0 Å². The number of hydrogen-bond acceptors (Lipinski definition) is 2. The first kappa shape index (κ1) is 10.1. The molecule has 0 rings (SSSR count). The van der Waals surface area contributed by atoms with Gasteiger partial charge in [0.1, 0.15) is 7.85 Å². The molecule has 11 heavy (non-hydrogen) atoms. The minimum atomic E-state index is 0.399. The lowest BCUT2D eigenvalue weighted by atomic mass is 9.86. The van der Waals surface area contributed by atoms with Crippen molar-refractivity contribution in [3.8, 4) is 0 Å². The Morgan fingerprint density at radius 3 is 2.36 bits per heavy atom. The minimum Gasteiger partial charge on any atom is -0.402 e. The van der Waals surface area contributed by atoms with Crippen LogP contribution in [0.3, 0.4) is 0 Å². The molecule has 0 aromatic carbocycles. The van der Waals surface area contributed by atoms with Gasteiger partial charge in [0.05, 0.1) is 0 Å². The maximum Gasteiger partial charge on any atom is 0.112 e. The quantitative estimate of drug-likeness (QED) is 0.457. The molecule has 0 radical (unpaired) electrons. The molecule has 0 bridgehead atoms. The van der Waals surface area contributed by atoms with E-state index in [0.717, 1.165) is 17.8 Å². The maximum absolute atomic E-state index is 5.68. The largest absolute Gasteiger partial charge is 0.402 e. The molecule has 0 saturated heterocycles. The van der Waals surface area contributed by atoms with E-state index >= 15 is 0 Å². The third kappa shape index (κ3) is 4.54. The molecule has 0 spiro atoms. The molecule has 62 valence electrons. The van der Waals surface area contributed by atoms with Crippen molar-refractivity contribution in [3.05, 3.63) is 23.5 Å². The van der Waals surface area contributed by atoms with E-state index in [4.69, 9.17) is 11.5 Å². The Morgan fingerprint density at radius 2 is 2.00 bits per heavy atom. The van der Waals surface area contributed by atoms with Gasteiger partial charge in [0.2, 0.25) is 0 Å². The number of allylic oxidation sites excluding steroid dienone is 4. The highest BCUT2D eigenvalue weighted by Gasteiger charge is 1.94. The zero-order valence-electron chi connectivity index (χ0n) is 7.59. The molecule has 0 aromatic heterocycles. The Labute approximate surface area is 69.7 Å². The van der Waals surface area contributed by atoms with Crippen LogP contribution in [0.4, 0.5) is 0 Å². The fourth-order valence-electron chi connectivity index (χ4n) is 0.514. The summed E-state index contributed by atoms with van der Waals surface area (Å²) < 4.78 is 0. The van der Waals surface area contributed by atoms with Crippen molar-refractivity contribution in [2.24, 2.45) is 11.5 Å². The minimum absolute atomic E-state index is 0.399. The van der Waals surface area contributed by atoms with E-state index in [-0.39, 0.29) is 0 Å². The Bertz CT molecular complexity index is 171. The van der Waals surface area contributed by atoms with Crippen molar-refractivity contribution in [2.75, 3.05) is 0 Å². The van der Waals surface area contributed by atoms with Crippen molar-refractivity contribution in [1.82, 2.24) is 0 Å². The first-order valence-electron chi connectivity index (χ1n) is 3.99. The molecule has 0 aromatic rings. The Balaban J connectivity index is 4.11. The predicted molar refractivity (Wildman–Crippen MR) is 52.8 cm³/mol. The lowest BCUT2D eigenvalue weighted by molar-refractivity contribution is 1.04. The van der Waals surface area contributed by atoms with E-state index in [0.29, 0.717) is 5.82 Å². The first-order valence-corrected chi connectivity index (χ1v) is 3.99. The van der Waals surface area contributed by atoms with Crippen LogP contribution < -0.4 is 11.5 Å². The molecule has 0 aliphatic rings. The lowest BCUT2D eigenvalue weighted by Crippen LogP contribution is -2.03. The van der Waals surface area contributed by atoms with Gasteiger partial charge in [-0.1, -0.05) is 13.8 Å². The predicted octanol–water partition coefficient (Wildman–Crippen LogP) is 0.523. The third-order valence-electron chi connectivity index (χ3n) is 1.56. The van der Waals surface area contributed by atoms with Crippen molar-refractivity contribution in [2.45, 2.75) is 26.1 Å². The van der Waals surface area contributed by atoms with Crippen LogP contribution >= 0.6 is 0 Å². The first-order chi connectivity index (χ1) is 5.07. The molecule has 4 N–H and O–H groups in total. The Morgan fingerprint density at radius 1 is 1.45 bits per heavy atom. The van der Waals surface area contributed by atoms with Gasteiger partial charge in [0.25, 0.3) is 0 Å². The van der Waals surface area contributed by atoms with Gasteiger partial charge in [-0.15, -0.1) is 0 Å². The smallest absolute Gasteiger partial charge is 0.112 e. The van der Waals surface area contributed by atoms with Gasteiger partial charge in [0, 0.05) is 11.4 Å². The van der Waals surface area contributed by atoms with Crippen LogP contribution in [-0.2, 0) is 0 Å². The van der Waals surface area contributed by atoms with Crippen molar-refractivity contribution < 1.29 is 0 Å². The molecule has 1 unspecified atom stereocenters. The maximum atomic E-state index is 5.68. The van der Waals surface area contributed by atoms with Gasteiger partial charge < -0.3 is 11.5 Å². The average molecular weight is 152 g/mol. The molecule has 1 atom stereocenters. The van der Waals surface area contributed by atoms with Crippen LogP contribution in [-0.4, -0.2) is 7.85 Å². The second kappa shape index (κ2) is 4.88. The SMILES string of the molecule is BC(C)/C(N)=C\C=C(\N)CC. The fraction of sp³-hybridized carbons (Fsp3) is 0.500. The van der Waals surface area contributed by atoms with Gasteiger partial charge in [-0.2, -0.15) is 0 Å². The highest BCUT2D eigenvalue weighted by atomic mass is 14.6. The van der Waals surface area contributed by atoms with Gasteiger partial charge >= 0.3 is 0 Å². The van der Waals surface area contributed by atoms with E-state index < -0.39 is 0 Å².